The molecule has 196 valence electrons. The fourth-order valence-electron chi connectivity index (χ4n) is 5.66. The van der Waals surface area contributed by atoms with Crippen molar-refractivity contribution in [1.82, 2.24) is 0 Å². The number of hydrogen-bond acceptors (Lipinski definition) is 1. The minimum absolute atomic E-state index is 0.512. The van der Waals surface area contributed by atoms with Gasteiger partial charge in [-0.25, -0.2) is 0 Å². The molecule has 2 heteroatoms. The van der Waals surface area contributed by atoms with E-state index < -0.39 is 7.92 Å². The molecule has 0 N–H and O–H groups in total. The third-order valence-corrected chi connectivity index (χ3v) is 10.0. The molecule has 0 atom stereocenters. The highest BCUT2D eigenvalue weighted by atomic mass is 31.1. The Balaban J connectivity index is 1.54. The van der Waals surface area contributed by atoms with Gasteiger partial charge in [0.2, 0.25) is 0 Å². The van der Waals surface area contributed by atoms with E-state index in [1.807, 2.05) is 6.07 Å². The first-order valence-corrected chi connectivity index (χ1v) is 15.3. The molecule has 0 saturated carbocycles. The maximum atomic E-state index is 6.69. The maximum absolute atomic E-state index is 6.69. The Morgan fingerprint density at radius 3 is 1.51 bits per heavy atom. The second-order valence-corrected chi connectivity index (χ2v) is 12.3. The van der Waals surface area contributed by atoms with E-state index in [1.165, 1.54) is 43.0 Å². The van der Waals surface area contributed by atoms with Crippen molar-refractivity contribution in [1.29, 1.82) is 0 Å². The van der Waals surface area contributed by atoms with Gasteiger partial charge in [0.25, 0.3) is 0 Å². The Kier molecular flexibility index (Phi) is 7.04. The molecule has 7 aromatic carbocycles. The number of ether oxygens (including phenoxy) is 1. The summed E-state index contributed by atoms with van der Waals surface area (Å²) in [5.74, 6) is 0.904. The Labute approximate surface area is 242 Å². The Hall–Kier alpha value is -4.71. The lowest BCUT2D eigenvalue weighted by Gasteiger charge is -2.25. The van der Waals surface area contributed by atoms with Crippen LogP contribution in [0.15, 0.2) is 164 Å². The molecule has 0 amide bonds. The lowest BCUT2D eigenvalue weighted by atomic mass is 9.93. The first-order valence-electron chi connectivity index (χ1n) is 14.0. The smallest absolute Gasteiger partial charge is 0.128 e. The summed E-state index contributed by atoms with van der Waals surface area (Å²) in [6.45, 7) is 0.512. The Morgan fingerprint density at radius 1 is 0.415 bits per heavy atom. The second-order valence-electron chi connectivity index (χ2n) is 10.1. The van der Waals surface area contributed by atoms with Crippen molar-refractivity contribution in [3.05, 3.63) is 169 Å². The highest BCUT2D eigenvalue weighted by Gasteiger charge is 2.25. The molecule has 1 nitrogen and oxygen atoms in total. The zero-order chi connectivity index (χ0) is 27.4. The van der Waals surface area contributed by atoms with Crippen molar-refractivity contribution in [2.75, 3.05) is 0 Å². The molecular formula is C39H29OP. The summed E-state index contributed by atoms with van der Waals surface area (Å²) in [4.78, 5) is 0. The van der Waals surface area contributed by atoms with Gasteiger partial charge in [0.15, 0.2) is 0 Å². The van der Waals surface area contributed by atoms with Crippen molar-refractivity contribution in [2.24, 2.45) is 0 Å². The molecule has 0 fully saturated rings. The quantitative estimate of drug-likeness (QED) is 0.182. The number of benzene rings is 7. The van der Waals surface area contributed by atoms with Crippen LogP contribution in [0.5, 0.6) is 5.75 Å². The van der Waals surface area contributed by atoms with E-state index in [0.29, 0.717) is 6.61 Å². The van der Waals surface area contributed by atoms with Crippen LogP contribution in [0, 0.1) is 0 Å². The van der Waals surface area contributed by atoms with Crippen LogP contribution in [0.25, 0.3) is 32.7 Å². The van der Waals surface area contributed by atoms with Crippen molar-refractivity contribution in [3.63, 3.8) is 0 Å². The van der Waals surface area contributed by atoms with Crippen LogP contribution in [0.1, 0.15) is 5.56 Å². The van der Waals surface area contributed by atoms with Crippen LogP contribution < -0.4 is 20.7 Å². The summed E-state index contributed by atoms with van der Waals surface area (Å²) in [6, 6.07) is 58.7. The lowest BCUT2D eigenvalue weighted by Crippen LogP contribution is -2.22. The van der Waals surface area contributed by atoms with Gasteiger partial charge < -0.3 is 4.74 Å². The summed E-state index contributed by atoms with van der Waals surface area (Å²) in [7, 11) is -0.840. The van der Waals surface area contributed by atoms with Gasteiger partial charge in [-0.05, 0) is 57.0 Å². The normalized spacial score (nSPS) is 11.2. The first-order chi connectivity index (χ1) is 20.4. The molecule has 0 aromatic heterocycles. The molecule has 7 aromatic rings. The van der Waals surface area contributed by atoms with E-state index in [4.69, 9.17) is 4.74 Å². The van der Waals surface area contributed by atoms with Gasteiger partial charge in [-0.2, -0.15) is 0 Å². The molecule has 0 saturated heterocycles. The van der Waals surface area contributed by atoms with Gasteiger partial charge in [0.05, 0.1) is 0 Å². The topological polar surface area (TPSA) is 9.23 Å². The van der Waals surface area contributed by atoms with Gasteiger partial charge >= 0.3 is 0 Å². The zero-order valence-corrected chi connectivity index (χ0v) is 23.5. The fourth-order valence-corrected chi connectivity index (χ4v) is 8.13. The van der Waals surface area contributed by atoms with Gasteiger partial charge in [-0.15, -0.1) is 0 Å². The molecule has 0 bridgehead atoms. The van der Waals surface area contributed by atoms with E-state index in [0.717, 1.165) is 16.9 Å². The summed E-state index contributed by atoms with van der Waals surface area (Å²) < 4.78 is 6.69. The highest BCUT2D eigenvalue weighted by Crippen LogP contribution is 2.45. The summed E-state index contributed by atoms with van der Waals surface area (Å²) in [5.41, 5.74) is 3.56. The summed E-state index contributed by atoms with van der Waals surface area (Å²) in [5, 5.41) is 8.87. The largest absolute Gasteiger partial charge is 0.488 e. The van der Waals surface area contributed by atoms with Gasteiger partial charge in [0.1, 0.15) is 12.4 Å². The van der Waals surface area contributed by atoms with Gasteiger partial charge in [-0.1, -0.05) is 158 Å². The second kappa shape index (κ2) is 11.4. The molecule has 0 aliphatic rings. The minimum Gasteiger partial charge on any atom is -0.488 e. The first kappa shape index (κ1) is 25.3. The molecule has 0 unspecified atom stereocenters. The minimum atomic E-state index is -0.840. The molecule has 0 radical (unpaired) electrons. The SMILES string of the molecule is c1ccc(COc2ccc3ccccc3c2-c2c(P(c3ccccc3)c3ccccc3)ccc3ccccc23)cc1. The highest BCUT2D eigenvalue weighted by molar-refractivity contribution is 7.80. The van der Waals surface area contributed by atoms with E-state index in [-0.39, 0.29) is 0 Å². The standard InChI is InChI=1S/C39H29OP/c1-4-14-29(15-5-1)28-40-36-26-24-30-16-10-12-22-34(30)38(36)39-35-23-13-11-17-31(35)25-27-37(39)41(32-18-6-2-7-19-32)33-20-8-3-9-21-33/h1-27H,28H2. The predicted octanol–water partition coefficient (Wildman–Crippen LogP) is 9.00. The maximum Gasteiger partial charge on any atom is 0.128 e. The Morgan fingerprint density at radius 2 is 0.902 bits per heavy atom. The van der Waals surface area contributed by atoms with Gasteiger partial charge in [0, 0.05) is 11.1 Å². The molecule has 0 aliphatic heterocycles. The third-order valence-electron chi connectivity index (χ3n) is 7.55. The van der Waals surface area contributed by atoms with Crippen LogP contribution in [0.3, 0.4) is 0 Å². The fraction of sp³-hybridized carbons (Fsp3) is 0.0256. The van der Waals surface area contributed by atoms with Crippen molar-refractivity contribution < 1.29 is 4.74 Å². The van der Waals surface area contributed by atoms with E-state index in [1.54, 1.807) is 0 Å². The molecule has 0 aliphatic carbocycles. The lowest BCUT2D eigenvalue weighted by molar-refractivity contribution is 0.308. The van der Waals surface area contributed by atoms with E-state index in [9.17, 15) is 0 Å². The molecular weight excluding hydrogens is 515 g/mol. The molecule has 7 rings (SSSR count). The van der Waals surface area contributed by atoms with Gasteiger partial charge in [-0.3, -0.25) is 0 Å². The summed E-state index contributed by atoms with van der Waals surface area (Å²) in [6.07, 6.45) is 0. The van der Waals surface area contributed by atoms with Crippen LogP contribution in [-0.4, -0.2) is 0 Å². The summed E-state index contributed by atoms with van der Waals surface area (Å²) >= 11 is 0. The van der Waals surface area contributed by atoms with Crippen molar-refractivity contribution >= 4 is 45.4 Å². The monoisotopic (exact) mass is 544 g/mol. The van der Waals surface area contributed by atoms with Crippen molar-refractivity contribution in [3.8, 4) is 16.9 Å². The van der Waals surface area contributed by atoms with E-state index in [2.05, 4.69) is 158 Å². The van der Waals surface area contributed by atoms with Crippen LogP contribution >= 0.6 is 7.92 Å². The van der Waals surface area contributed by atoms with Crippen molar-refractivity contribution in [2.45, 2.75) is 6.61 Å². The zero-order valence-electron chi connectivity index (χ0n) is 22.7. The average Bonchev–Trinajstić information content (AvgIpc) is 3.05. The molecule has 0 spiro atoms. The molecule has 0 heterocycles. The Bertz CT molecular complexity index is 1890. The van der Waals surface area contributed by atoms with Crippen LogP contribution in [0.4, 0.5) is 0 Å². The van der Waals surface area contributed by atoms with E-state index >= 15 is 0 Å². The number of hydrogen-bond donors (Lipinski definition) is 0. The van der Waals surface area contributed by atoms with Crippen LogP contribution in [-0.2, 0) is 6.61 Å². The average molecular weight is 545 g/mol. The predicted molar refractivity (Wildman–Crippen MR) is 176 cm³/mol. The number of rotatable bonds is 7. The third kappa shape index (κ3) is 5.02. The molecule has 41 heavy (non-hydrogen) atoms. The van der Waals surface area contributed by atoms with Crippen LogP contribution in [0.2, 0.25) is 0 Å². The number of fused-ring (bicyclic) bond motifs is 2.